The topological polar surface area (TPSA) is 90.2 Å². The van der Waals surface area contributed by atoms with Gasteiger partial charge in [0.2, 0.25) is 5.89 Å². The van der Waals surface area contributed by atoms with Crippen LogP contribution in [-0.4, -0.2) is 40.7 Å². The molecule has 0 amide bonds. The van der Waals surface area contributed by atoms with Gasteiger partial charge in [-0.1, -0.05) is 60.6 Å². The minimum atomic E-state index is -0.204. The van der Waals surface area contributed by atoms with Gasteiger partial charge in [0.1, 0.15) is 17.8 Å². The molecule has 0 aliphatic heterocycles. The zero-order valence-electron chi connectivity index (χ0n) is 22.9. The molecule has 6 nitrogen and oxygen atoms in total. The van der Waals surface area contributed by atoms with Gasteiger partial charge in [-0.3, -0.25) is 0 Å². The summed E-state index contributed by atoms with van der Waals surface area (Å²) in [5, 5.41) is 11.0. The molecular formula is C29H43ClN2O4. The zero-order chi connectivity index (χ0) is 25.1. The number of aromatic nitrogens is 1. The molecule has 7 heteroatoms. The maximum atomic E-state index is 11.0. The zero-order valence-corrected chi connectivity index (χ0v) is 23.8. The number of hydrogen-bond acceptors (Lipinski definition) is 5. The van der Waals surface area contributed by atoms with Gasteiger partial charge in [0.15, 0.2) is 0 Å². The van der Waals surface area contributed by atoms with E-state index >= 15 is 0 Å². The monoisotopic (exact) mass is 518 g/mol. The van der Waals surface area contributed by atoms with E-state index in [9.17, 15) is 5.11 Å². The predicted molar refractivity (Wildman–Crippen MR) is 150 cm³/mol. The Bertz CT molecular complexity index is 1060. The highest BCUT2D eigenvalue weighted by atomic mass is 35.5. The molecule has 3 N–H and O–H groups in total. The first kappa shape index (κ1) is 31.5. The van der Waals surface area contributed by atoms with E-state index in [0.29, 0.717) is 24.7 Å². The van der Waals surface area contributed by atoms with Crippen LogP contribution < -0.4 is 4.74 Å². The third-order valence-electron chi connectivity index (χ3n) is 6.07. The van der Waals surface area contributed by atoms with E-state index < -0.39 is 0 Å². The normalized spacial score (nSPS) is 11.7. The van der Waals surface area contributed by atoms with Crippen molar-refractivity contribution in [2.24, 2.45) is 0 Å². The average molecular weight is 519 g/mol. The van der Waals surface area contributed by atoms with Crippen LogP contribution in [0.3, 0.4) is 0 Å². The molecule has 1 heterocycles. The Labute approximate surface area is 222 Å². The number of phenols is 1. The number of oxazole rings is 1. The molecule has 0 saturated carbocycles. The quantitative estimate of drug-likeness (QED) is 0.377. The Morgan fingerprint density at radius 2 is 1.53 bits per heavy atom. The number of ether oxygens (including phenoxy) is 1. The van der Waals surface area contributed by atoms with Gasteiger partial charge in [0.05, 0.1) is 12.3 Å². The van der Waals surface area contributed by atoms with Crippen molar-refractivity contribution in [3.05, 3.63) is 65.0 Å². The highest BCUT2D eigenvalue weighted by molar-refractivity contribution is 5.85. The van der Waals surface area contributed by atoms with Crippen molar-refractivity contribution in [3.8, 4) is 23.0 Å². The Morgan fingerprint density at radius 1 is 0.972 bits per heavy atom. The minimum Gasteiger partial charge on any atom is -0.507 e. The standard InChI is InChI=1S/C29H40N2O3.ClH.H2O/c1-9-31(8)18-20-10-12-23(13-11-20)33-15-14-22-19-34-27(30-22)21-16-24(28(2,3)4)26(32)25(17-21)29(5,6)7;;/h10-13,16-17,19,32H,9,14-15,18H2,1-8H3;1H;1H2. The average Bonchev–Trinajstić information content (AvgIpc) is 3.22. The molecule has 0 unspecified atom stereocenters. The Kier molecular flexibility index (Phi) is 11.0. The second-order valence-electron chi connectivity index (χ2n) is 11.1. The second kappa shape index (κ2) is 12.6. The maximum Gasteiger partial charge on any atom is 0.226 e. The van der Waals surface area contributed by atoms with Crippen LogP contribution in [0, 0.1) is 0 Å². The summed E-state index contributed by atoms with van der Waals surface area (Å²) in [4.78, 5) is 6.97. The summed E-state index contributed by atoms with van der Waals surface area (Å²) in [7, 11) is 2.11. The fraction of sp³-hybridized carbons (Fsp3) is 0.483. The second-order valence-corrected chi connectivity index (χ2v) is 11.1. The lowest BCUT2D eigenvalue weighted by Crippen LogP contribution is -2.17. The fourth-order valence-corrected chi connectivity index (χ4v) is 3.84. The SMILES string of the molecule is CCN(C)Cc1ccc(OCCc2coc(-c3cc(C(C)(C)C)c(O)c(C(C)(C)C)c3)n2)cc1.Cl.O. The molecule has 2 aromatic carbocycles. The van der Waals surface area contributed by atoms with Crippen LogP contribution in [0.5, 0.6) is 11.5 Å². The molecule has 1 aromatic heterocycles. The first-order valence-corrected chi connectivity index (χ1v) is 12.1. The number of hydrogen-bond donors (Lipinski definition) is 1. The van der Waals surface area contributed by atoms with E-state index in [4.69, 9.17) is 14.1 Å². The Hall–Kier alpha value is -2.54. The summed E-state index contributed by atoms with van der Waals surface area (Å²) in [6, 6.07) is 12.2. The Morgan fingerprint density at radius 3 is 2.03 bits per heavy atom. The number of nitrogens with zero attached hydrogens (tertiary/aromatic N) is 2. The van der Waals surface area contributed by atoms with Crippen molar-refractivity contribution in [3.63, 3.8) is 0 Å². The summed E-state index contributed by atoms with van der Waals surface area (Å²) in [5.41, 5.74) is 4.39. The van der Waals surface area contributed by atoms with Crippen molar-refractivity contribution in [2.45, 2.75) is 72.3 Å². The van der Waals surface area contributed by atoms with Crippen molar-refractivity contribution < 1.29 is 19.7 Å². The van der Waals surface area contributed by atoms with Crippen LogP contribution in [0.25, 0.3) is 11.5 Å². The largest absolute Gasteiger partial charge is 0.507 e. The highest BCUT2D eigenvalue weighted by Crippen LogP contribution is 2.41. The van der Waals surface area contributed by atoms with Crippen molar-refractivity contribution in [1.29, 1.82) is 0 Å². The van der Waals surface area contributed by atoms with E-state index in [1.165, 1.54) is 5.56 Å². The van der Waals surface area contributed by atoms with Crippen LogP contribution in [0.2, 0.25) is 0 Å². The molecule has 0 saturated heterocycles. The summed E-state index contributed by atoms with van der Waals surface area (Å²) >= 11 is 0. The summed E-state index contributed by atoms with van der Waals surface area (Å²) in [6.07, 6.45) is 2.35. The molecule has 0 spiro atoms. The smallest absolute Gasteiger partial charge is 0.226 e. The van der Waals surface area contributed by atoms with E-state index in [2.05, 4.69) is 72.5 Å². The summed E-state index contributed by atoms with van der Waals surface area (Å²) < 4.78 is 11.8. The Balaban J connectivity index is 0.00000324. The minimum absolute atomic E-state index is 0. The predicted octanol–water partition coefficient (Wildman–Crippen LogP) is 6.31. The number of rotatable bonds is 8. The molecule has 0 atom stereocenters. The molecule has 0 fully saturated rings. The lowest BCUT2D eigenvalue weighted by atomic mass is 9.78. The van der Waals surface area contributed by atoms with Crippen LogP contribution in [-0.2, 0) is 23.8 Å². The van der Waals surface area contributed by atoms with Crippen LogP contribution in [0.15, 0.2) is 47.1 Å². The van der Waals surface area contributed by atoms with Gasteiger partial charge in [-0.05, 0) is 54.3 Å². The summed E-state index contributed by atoms with van der Waals surface area (Å²) in [6.45, 7) is 17.3. The third-order valence-corrected chi connectivity index (χ3v) is 6.07. The fourth-order valence-electron chi connectivity index (χ4n) is 3.84. The third kappa shape index (κ3) is 7.99. The van der Waals surface area contributed by atoms with Crippen LogP contribution in [0.4, 0.5) is 0 Å². The van der Waals surface area contributed by atoms with Gasteiger partial charge in [-0.25, -0.2) is 4.98 Å². The molecule has 3 rings (SSSR count). The molecule has 36 heavy (non-hydrogen) atoms. The highest BCUT2D eigenvalue weighted by Gasteiger charge is 2.27. The molecule has 3 aromatic rings. The lowest BCUT2D eigenvalue weighted by molar-refractivity contribution is 0.319. The van der Waals surface area contributed by atoms with Gasteiger partial charge in [-0.15, -0.1) is 12.4 Å². The van der Waals surface area contributed by atoms with Gasteiger partial charge >= 0.3 is 0 Å². The number of aromatic hydroxyl groups is 1. The van der Waals surface area contributed by atoms with Gasteiger partial charge < -0.3 is 24.6 Å². The van der Waals surface area contributed by atoms with E-state index in [0.717, 1.165) is 41.2 Å². The molecule has 200 valence electrons. The van der Waals surface area contributed by atoms with E-state index in [1.807, 2.05) is 24.3 Å². The van der Waals surface area contributed by atoms with Crippen molar-refractivity contribution in [2.75, 3.05) is 20.2 Å². The molecule has 0 bridgehead atoms. The first-order valence-electron chi connectivity index (χ1n) is 12.1. The van der Waals surface area contributed by atoms with Gasteiger partial charge in [0, 0.05) is 29.7 Å². The van der Waals surface area contributed by atoms with E-state index in [-0.39, 0.29) is 28.7 Å². The van der Waals surface area contributed by atoms with E-state index in [1.54, 1.807) is 6.26 Å². The molecule has 0 radical (unpaired) electrons. The van der Waals surface area contributed by atoms with Crippen molar-refractivity contribution in [1.82, 2.24) is 9.88 Å². The number of phenolic OH excluding ortho intramolecular Hbond substituents is 1. The van der Waals surface area contributed by atoms with Crippen LogP contribution in [0.1, 0.15) is 70.9 Å². The van der Waals surface area contributed by atoms with Crippen molar-refractivity contribution >= 4 is 12.4 Å². The first-order chi connectivity index (χ1) is 15.9. The molecule has 0 aliphatic carbocycles. The maximum absolute atomic E-state index is 11.0. The summed E-state index contributed by atoms with van der Waals surface area (Å²) in [5.74, 6) is 1.78. The van der Waals surface area contributed by atoms with Crippen LogP contribution >= 0.6 is 12.4 Å². The molecular weight excluding hydrogens is 476 g/mol. The van der Waals surface area contributed by atoms with Gasteiger partial charge in [0.25, 0.3) is 0 Å². The van der Waals surface area contributed by atoms with Gasteiger partial charge in [-0.2, -0.15) is 0 Å². The lowest BCUT2D eigenvalue weighted by Gasteiger charge is -2.27. The molecule has 0 aliphatic rings. The number of halogens is 1. The number of benzene rings is 2.